The Morgan fingerprint density at radius 1 is 0.474 bits per heavy atom. The molecular weight excluding hydrogens is 1960 g/mol. The number of nitrogens with zero attached hydrogens (tertiary/aromatic N) is 6. The Morgan fingerprint density at radius 3 is 1.20 bits per heavy atom. The number of aryl methyl sites for hydroxylation is 1. The molecule has 20 heteroatoms. The Hall–Kier alpha value is -8.04. The molecule has 0 bridgehead atoms. The normalized spacial score (nSPS) is 10.7. The monoisotopic (exact) mass is 2040 g/mol. The molecule has 0 fully saturated rings. The third-order valence-electron chi connectivity index (χ3n) is 11.9. The van der Waals surface area contributed by atoms with Crippen LogP contribution in [0.15, 0.2) is 236 Å². The number of aliphatic hydroxyl groups is 4. The smallest absolute Gasteiger partial charge is 0.164 e. The van der Waals surface area contributed by atoms with E-state index < -0.39 is 5.41 Å². The number of halogens is 1. The number of methoxy groups -OCH3 is 1. The molecule has 0 saturated heterocycles. The predicted molar refractivity (Wildman–Crippen MR) is 373 cm³/mol. The maximum absolute atomic E-state index is 11.5. The number of pyridine rings is 2. The zero-order valence-corrected chi connectivity index (χ0v) is 66.8. The Morgan fingerprint density at radius 2 is 0.876 bits per heavy atom. The second-order valence-corrected chi connectivity index (χ2v) is 22.8. The molecule has 10 aromatic rings. The van der Waals surface area contributed by atoms with Crippen molar-refractivity contribution in [3.05, 3.63) is 265 Å². The number of ether oxygens (including phenoxy) is 1. The third kappa shape index (κ3) is 37.3. The van der Waals surface area contributed by atoms with Gasteiger partial charge in [0.15, 0.2) is 23.1 Å². The maximum Gasteiger partial charge on any atom is 0.164 e. The van der Waals surface area contributed by atoms with Crippen LogP contribution in [-0.4, -0.2) is 80.4 Å². The Bertz CT molecular complexity index is 4000. The minimum absolute atomic E-state index is 0. The van der Waals surface area contributed by atoms with Crippen LogP contribution in [0, 0.1) is 35.1 Å². The van der Waals surface area contributed by atoms with Gasteiger partial charge < -0.3 is 29.7 Å². The number of hydrogen-bond acceptors (Lipinski definition) is 14. The summed E-state index contributed by atoms with van der Waals surface area (Å²) in [5.41, 5.74) is 7.91. The summed E-state index contributed by atoms with van der Waals surface area (Å²) >= 11 is 5.62. The molecule has 0 aliphatic rings. The van der Waals surface area contributed by atoms with Crippen molar-refractivity contribution in [3.63, 3.8) is 0 Å². The molecule has 0 atom stereocenters. The number of imidazole rings is 1. The van der Waals surface area contributed by atoms with Gasteiger partial charge in [-0.2, -0.15) is 5.10 Å². The van der Waals surface area contributed by atoms with Crippen LogP contribution < -0.4 is 4.74 Å². The standard InChI is InChI=1S/C16H12NO.C15H10N.C11H20O2.C10H6ClN2.C10H9N2.3C5H8O2.4Ir/c1-18-14-9-6-13(7-10-14)16-11-8-12-4-2-3-5-15(12)17-16;1-2-6-12(7-3-1)15-11-10-13-8-4-5-9-14(13)16-15;1-10(2,3)8(12)7-9(13)11(4,5)6;11-10-7-6-9(12-13-10)8-4-2-1-3-5-8;1-12-8-7-11-10(12)9-5-3-2-4-6-9;3*1-4(6)3-5(2)7;;;;/h2-6,8-11H,1H3;1-6,8-11H;7,12H,1-6H3;1-4,6-7H;2-5,7-8H,1H3;3*3,6H,1-2H3;;;;/q2*-1;;2*-1;;;;;;;. The zero-order chi connectivity index (χ0) is 69.1. The minimum Gasteiger partial charge on any atom is -0.540 e. The third-order valence-corrected chi connectivity index (χ3v) is 12.1. The number of carbonyl (C=O) groups is 4. The van der Waals surface area contributed by atoms with Crippen molar-refractivity contribution in [2.45, 2.75) is 83.1 Å². The first-order chi connectivity index (χ1) is 44.0. The first kappa shape index (κ1) is 91.0. The van der Waals surface area contributed by atoms with E-state index in [0.717, 1.165) is 67.3 Å². The van der Waals surface area contributed by atoms with Gasteiger partial charge in [-0.15, -0.1) is 143 Å². The Kier molecular flexibility index (Phi) is 44.9. The van der Waals surface area contributed by atoms with Gasteiger partial charge in [0.2, 0.25) is 0 Å². The molecule has 4 radical (unpaired) electrons. The van der Waals surface area contributed by atoms with Gasteiger partial charge in [-0.05, 0) is 81.9 Å². The van der Waals surface area contributed by atoms with Gasteiger partial charge >= 0.3 is 0 Å². The molecule has 15 nitrogen and oxygen atoms in total. The molecule has 4 aromatic heterocycles. The summed E-state index contributed by atoms with van der Waals surface area (Å²) in [6, 6.07) is 69.6. The van der Waals surface area contributed by atoms with Gasteiger partial charge in [-0.1, -0.05) is 120 Å². The molecule has 97 heavy (non-hydrogen) atoms. The van der Waals surface area contributed by atoms with Crippen LogP contribution in [0.4, 0.5) is 0 Å². The van der Waals surface area contributed by atoms with Crippen LogP contribution in [0.1, 0.15) is 83.1 Å². The fourth-order valence-electron chi connectivity index (χ4n) is 7.29. The number of aromatic nitrogens is 6. The molecule has 4 heterocycles. The fourth-order valence-corrected chi connectivity index (χ4v) is 7.39. The summed E-state index contributed by atoms with van der Waals surface area (Å²) in [4.78, 5) is 55.0. The quantitative estimate of drug-likeness (QED) is 0.0599. The maximum atomic E-state index is 11.5. The first-order valence-electron chi connectivity index (χ1n) is 29.2. The number of carbonyl (C=O) groups excluding carboxylic acids is 4. The van der Waals surface area contributed by atoms with Crippen LogP contribution in [0.3, 0.4) is 0 Å². The van der Waals surface area contributed by atoms with Crippen molar-refractivity contribution in [3.8, 4) is 50.9 Å². The average Bonchev–Trinajstić information content (AvgIpc) is 1.47. The van der Waals surface area contributed by atoms with Crippen molar-refractivity contribution in [2.75, 3.05) is 7.11 Å². The molecule has 0 aliphatic heterocycles. The summed E-state index contributed by atoms with van der Waals surface area (Å²) in [5.74, 6) is 1.68. The molecule has 10 rings (SSSR count). The minimum atomic E-state index is -0.417. The molecule has 0 unspecified atom stereocenters. The van der Waals surface area contributed by atoms with E-state index in [1.807, 2.05) is 205 Å². The van der Waals surface area contributed by atoms with Crippen LogP contribution in [0.25, 0.3) is 67.0 Å². The van der Waals surface area contributed by atoms with Crippen LogP contribution in [0.5, 0.6) is 5.75 Å². The zero-order valence-electron chi connectivity index (χ0n) is 56.4. The van der Waals surface area contributed by atoms with E-state index in [-0.39, 0.29) is 132 Å². The molecular formula is C77H81ClIr4N6O9-4. The van der Waals surface area contributed by atoms with E-state index in [1.165, 1.54) is 71.2 Å². The van der Waals surface area contributed by atoms with Crippen molar-refractivity contribution in [1.82, 2.24) is 29.7 Å². The Labute approximate surface area is 629 Å². The summed E-state index contributed by atoms with van der Waals surface area (Å²) in [6.07, 6.45) is 8.55. The summed E-state index contributed by atoms with van der Waals surface area (Å²) < 4.78 is 7.10. The number of ketones is 4. The van der Waals surface area contributed by atoms with Crippen molar-refractivity contribution in [1.29, 1.82) is 0 Å². The second kappa shape index (κ2) is 47.8. The van der Waals surface area contributed by atoms with E-state index in [0.29, 0.717) is 5.15 Å². The topological polar surface area (TPSA) is 228 Å². The van der Waals surface area contributed by atoms with Crippen molar-refractivity contribution >= 4 is 56.5 Å². The van der Waals surface area contributed by atoms with E-state index in [2.05, 4.69) is 73.7 Å². The number of allylic oxidation sites excluding steroid dienone is 8. The van der Waals surface area contributed by atoms with E-state index in [4.69, 9.17) is 31.7 Å². The van der Waals surface area contributed by atoms with Crippen molar-refractivity contribution in [2.24, 2.45) is 17.9 Å². The number of fused-ring (bicyclic) bond motifs is 2. The number of rotatable bonds is 9. The largest absolute Gasteiger partial charge is 0.540 e. The van der Waals surface area contributed by atoms with E-state index in [9.17, 15) is 24.3 Å². The van der Waals surface area contributed by atoms with Gasteiger partial charge in [0.25, 0.3) is 0 Å². The molecule has 6 aromatic carbocycles. The molecule has 0 amide bonds. The molecule has 4 N–H and O–H groups in total. The molecule has 520 valence electrons. The summed E-state index contributed by atoms with van der Waals surface area (Å²) in [5, 5.41) is 45.1. The van der Waals surface area contributed by atoms with Gasteiger partial charge in [0.05, 0.1) is 41.2 Å². The van der Waals surface area contributed by atoms with Crippen LogP contribution in [0.2, 0.25) is 5.15 Å². The molecule has 0 saturated carbocycles. The molecule has 0 spiro atoms. The summed E-state index contributed by atoms with van der Waals surface area (Å²) in [6.45, 7) is 19.7. The number of aliphatic hydroxyl groups excluding tert-OH is 4. The van der Waals surface area contributed by atoms with Gasteiger partial charge in [0.1, 0.15) is 10.9 Å². The van der Waals surface area contributed by atoms with Gasteiger partial charge in [-0.3, -0.25) is 34.1 Å². The fraction of sp³-hybridized carbons (Fsp3) is 0.208. The number of para-hydroxylation sites is 2. The number of benzene rings is 6. The second-order valence-electron chi connectivity index (χ2n) is 22.4. The van der Waals surface area contributed by atoms with Crippen LogP contribution >= 0.6 is 11.6 Å². The molecule has 0 aliphatic carbocycles. The van der Waals surface area contributed by atoms with Crippen molar-refractivity contribution < 1.29 is 125 Å². The van der Waals surface area contributed by atoms with E-state index in [1.54, 1.807) is 19.4 Å². The number of hydrogen-bond donors (Lipinski definition) is 4. The van der Waals surface area contributed by atoms with E-state index >= 15 is 0 Å². The Balaban J connectivity index is 0. The van der Waals surface area contributed by atoms with Gasteiger partial charge in [0, 0.05) is 146 Å². The SMILES string of the molecule is CC(=O)C=C(C)O.CC(=O)C=C(C)O.CC(=O)C=C(C)O.CC(C)(C)C(=O)C=C(O)C(C)(C)C.COc1c[c-]c(-c2ccc3ccccc3n2)cc1.Clc1ccc(-c2[c-]cccc2)nn1.Cn1ccnc1-c1[c-]cccc1.[Ir].[Ir].[Ir].[Ir].[c-]1ccccc1-c1ccc2ccccc2n1. The van der Waals surface area contributed by atoms with Gasteiger partial charge in [-0.25, -0.2) is 0 Å². The average molecular weight is 2040 g/mol. The first-order valence-corrected chi connectivity index (χ1v) is 29.6. The van der Waals surface area contributed by atoms with Crippen LogP contribution in [-0.2, 0) is 107 Å². The predicted octanol–water partition coefficient (Wildman–Crippen LogP) is 18.1. The summed E-state index contributed by atoms with van der Waals surface area (Å²) in [7, 11) is 3.63.